The number of hydrogen-bond acceptors (Lipinski definition) is 1. The van der Waals surface area contributed by atoms with E-state index in [9.17, 15) is 4.79 Å². The summed E-state index contributed by atoms with van der Waals surface area (Å²) in [4.78, 5) is 11.1. The van der Waals surface area contributed by atoms with Gasteiger partial charge in [0, 0.05) is 0 Å². The first-order valence-electron chi connectivity index (χ1n) is 5.12. The lowest BCUT2D eigenvalue weighted by molar-refractivity contribution is -0.147. The van der Waals surface area contributed by atoms with Gasteiger partial charge in [-0.05, 0) is 36.0 Å². The largest absolute Gasteiger partial charge is 1.00 e. The Balaban J connectivity index is 0.000000980. The Labute approximate surface area is 91.5 Å². The maximum atomic E-state index is 11.1. The number of carboxylic acids is 1. The molecule has 0 radical (unpaired) electrons. The number of fused-ring (bicyclic) bond motifs is 2. The van der Waals surface area contributed by atoms with E-state index in [-0.39, 0.29) is 29.2 Å². The summed E-state index contributed by atoms with van der Waals surface area (Å²) in [7, 11) is 0. The van der Waals surface area contributed by atoms with Gasteiger partial charge in [0.15, 0.2) is 0 Å². The molecule has 2 rings (SSSR count). The predicted molar refractivity (Wildman–Crippen MR) is 50.4 cm³/mol. The van der Waals surface area contributed by atoms with Crippen LogP contribution in [0.25, 0.3) is 0 Å². The van der Waals surface area contributed by atoms with Crippen LogP contribution in [0, 0.1) is 22.7 Å². The molecule has 0 aliphatic heterocycles. The van der Waals surface area contributed by atoms with Crippen molar-refractivity contribution in [3.05, 3.63) is 0 Å². The molecular weight excluding hydrogens is 200 g/mol. The number of hydrogen-bond donors (Lipinski definition) is 1. The minimum absolute atomic E-state index is 0. The Hall–Kier alpha value is -0.240. The van der Waals surface area contributed by atoms with Crippen molar-refractivity contribution in [1.29, 1.82) is 0 Å². The Morgan fingerprint density at radius 3 is 2.14 bits per heavy atom. The van der Waals surface area contributed by atoms with Crippen LogP contribution < -0.4 is 12.4 Å². The van der Waals surface area contributed by atoms with Gasteiger partial charge in [-0.2, -0.15) is 0 Å². The normalized spacial score (nSPS) is 43.4. The van der Waals surface area contributed by atoms with Gasteiger partial charge in [-0.3, -0.25) is 4.79 Å². The van der Waals surface area contributed by atoms with Crippen molar-refractivity contribution in [2.45, 2.75) is 40.0 Å². The number of carbonyl (C=O) groups is 1. The first kappa shape index (κ1) is 11.8. The van der Waals surface area contributed by atoms with Gasteiger partial charge in [-0.1, -0.05) is 20.8 Å². The maximum absolute atomic E-state index is 11.1. The summed E-state index contributed by atoms with van der Waals surface area (Å²) in [5.74, 6) is -0.0439. The van der Waals surface area contributed by atoms with Gasteiger partial charge in [0.2, 0.25) is 0 Å². The van der Waals surface area contributed by atoms with Crippen LogP contribution in [0.3, 0.4) is 0 Å². The molecule has 0 saturated heterocycles. The standard InChI is InChI=1S/C11H18O2.ClH/c1-10(2)7-4-5-11(10,3)8(6-7)9(12)13;/h7-8H,4-6H2,1-3H3,(H,12,13);1H/p-1/t7-,8?,11+;/m0./s1. The highest BCUT2D eigenvalue weighted by Crippen LogP contribution is 2.68. The van der Waals surface area contributed by atoms with Gasteiger partial charge in [0.25, 0.3) is 0 Å². The third kappa shape index (κ3) is 1.13. The van der Waals surface area contributed by atoms with E-state index in [1.807, 2.05) is 0 Å². The average Bonchev–Trinajstić information content (AvgIpc) is 2.34. The monoisotopic (exact) mass is 217 g/mol. The predicted octanol–water partition coefficient (Wildman–Crippen LogP) is -0.463. The van der Waals surface area contributed by atoms with Crippen LogP contribution >= 0.6 is 0 Å². The second kappa shape index (κ2) is 3.13. The number of halogens is 1. The van der Waals surface area contributed by atoms with Gasteiger partial charge >= 0.3 is 5.97 Å². The first-order chi connectivity index (χ1) is 5.89. The molecule has 2 bridgehead atoms. The highest BCUT2D eigenvalue weighted by atomic mass is 35.5. The van der Waals surface area contributed by atoms with E-state index in [0.29, 0.717) is 5.92 Å². The lowest BCUT2D eigenvalue weighted by Gasteiger charge is -2.37. The van der Waals surface area contributed by atoms with Crippen molar-refractivity contribution in [2.24, 2.45) is 22.7 Å². The van der Waals surface area contributed by atoms with E-state index < -0.39 is 5.97 Å². The van der Waals surface area contributed by atoms with E-state index in [1.54, 1.807) is 0 Å². The van der Waals surface area contributed by atoms with Crippen molar-refractivity contribution in [1.82, 2.24) is 0 Å². The molecule has 1 N–H and O–H groups in total. The van der Waals surface area contributed by atoms with Crippen LogP contribution in [0.4, 0.5) is 0 Å². The minimum atomic E-state index is -0.585. The van der Waals surface area contributed by atoms with Gasteiger partial charge < -0.3 is 17.5 Å². The van der Waals surface area contributed by atoms with Crippen LogP contribution in [0.1, 0.15) is 40.0 Å². The Bertz CT molecular complexity index is 262. The molecular formula is C11H18ClO2-. The van der Waals surface area contributed by atoms with E-state index in [0.717, 1.165) is 12.8 Å². The Morgan fingerprint density at radius 1 is 1.36 bits per heavy atom. The summed E-state index contributed by atoms with van der Waals surface area (Å²) in [5, 5.41) is 9.13. The zero-order valence-corrected chi connectivity index (χ0v) is 9.77. The quantitative estimate of drug-likeness (QED) is 0.646. The van der Waals surface area contributed by atoms with Gasteiger partial charge in [0.05, 0.1) is 5.92 Å². The SMILES string of the molecule is CC1(C)[C@H]2CC[C@]1(C)C(C(=O)O)C2.[Cl-]. The summed E-state index contributed by atoms with van der Waals surface area (Å²) in [6.07, 6.45) is 3.23. The number of carboxylic acid groups (broad SMARTS) is 1. The van der Waals surface area contributed by atoms with E-state index in [1.165, 1.54) is 6.42 Å². The minimum Gasteiger partial charge on any atom is -1.00 e. The molecule has 2 saturated carbocycles. The molecule has 3 atom stereocenters. The molecule has 0 aromatic rings. The summed E-state index contributed by atoms with van der Waals surface area (Å²) >= 11 is 0. The number of aliphatic carboxylic acids is 1. The highest BCUT2D eigenvalue weighted by Gasteiger charge is 2.63. The third-order valence-corrected chi connectivity index (χ3v) is 5.09. The van der Waals surface area contributed by atoms with Gasteiger partial charge in [0.1, 0.15) is 0 Å². The molecule has 0 aromatic heterocycles. The zero-order valence-electron chi connectivity index (χ0n) is 9.01. The van der Waals surface area contributed by atoms with E-state index in [2.05, 4.69) is 20.8 Å². The molecule has 3 heteroatoms. The van der Waals surface area contributed by atoms with Gasteiger partial charge in [-0.15, -0.1) is 0 Å². The molecule has 2 aliphatic rings. The second-order valence-corrected chi connectivity index (χ2v) is 5.50. The van der Waals surface area contributed by atoms with Crippen LogP contribution in [-0.2, 0) is 4.79 Å². The molecule has 2 aliphatic carbocycles. The van der Waals surface area contributed by atoms with E-state index in [4.69, 9.17) is 5.11 Å². The van der Waals surface area contributed by atoms with Crippen LogP contribution in [0.2, 0.25) is 0 Å². The van der Waals surface area contributed by atoms with E-state index >= 15 is 0 Å². The van der Waals surface area contributed by atoms with Crippen LogP contribution in [-0.4, -0.2) is 11.1 Å². The first-order valence-corrected chi connectivity index (χ1v) is 5.12. The fourth-order valence-corrected chi connectivity index (χ4v) is 3.58. The molecule has 1 unspecified atom stereocenters. The number of rotatable bonds is 1. The summed E-state index contributed by atoms with van der Waals surface area (Å²) < 4.78 is 0. The van der Waals surface area contributed by atoms with Crippen molar-refractivity contribution in [3.63, 3.8) is 0 Å². The second-order valence-electron chi connectivity index (χ2n) is 5.50. The smallest absolute Gasteiger partial charge is 0.307 e. The molecule has 0 aromatic carbocycles. The van der Waals surface area contributed by atoms with Crippen molar-refractivity contribution >= 4 is 5.97 Å². The average molecular weight is 218 g/mol. The summed E-state index contributed by atoms with van der Waals surface area (Å²) in [6, 6.07) is 0. The lowest BCUT2D eigenvalue weighted by atomic mass is 9.67. The van der Waals surface area contributed by atoms with Crippen LogP contribution in [0.15, 0.2) is 0 Å². The fourth-order valence-electron chi connectivity index (χ4n) is 3.58. The Kier molecular flexibility index (Phi) is 2.64. The van der Waals surface area contributed by atoms with Gasteiger partial charge in [-0.25, -0.2) is 0 Å². The maximum Gasteiger partial charge on any atom is 0.307 e. The van der Waals surface area contributed by atoms with Crippen molar-refractivity contribution in [2.75, 3.05) is 0 Å². The fraction of sp³-hybridized carbons (Fsp3) is 0.909. The molecule has 0 spiro atoms. The molecule has 2 fully saturated rings. The van der Waals surface area contributed by atoms with Crippen LogP contribution in [0.5, 0.6) is 0 Å². The molecule has 2 nitrogen and oxygen atoms in total. The van der Waals surface area contributed by atoms with Crippen molar-refractivity contribution < 1.29 is 22.3 Å². The molecule has 14 heavy (non-hydrogen) atoms. The third-order valence-electron chi connectivity index (χ3n) is 5.09. The van der Waals surface area contributed by atoms with Crippen molar-refractivity contribution in [3.8, 4) is 0 Å². The highest BCUT2D eigenvalue weighted by molar-refractivity contribution is 5.72. The molecule has 82 valence electrons. The lowest BCUT2D eigenvalue weighted by Crippen LogP contribution is -3.00. The molecule has 0 amide bonds. The Morgan fingerprint density at radius 2 is 1.93 bits per heavy atom. The topological polar surface area (TPSA) is 37.3 Å². The summed E-state index contributed by atoms with van der Waals surface area (Å²) in [5.41, 5.74) is 0.277. The zero-order chi connectivity index (χ0) is 9.85. The summed E-state index contributed by atoms with van der Waals surface area (Å²) in [6.45, 7) is 6.65. The molecule has 0 heterocycles.